The Morgan fingerprint density at radius 2 is 1.81 bits per heavy atom. The number of hydrogen-bond acceptors (Lipinski definition) is 6. The predicted octanol–water partition coefficient (Wildman–Crippen LogP) is 3.60. The number of nitrogen functional groups attached to an aromatic ring is 1. The maximum absolute atomic E-state index is 12.6. The van der Waals surface area contributed by atoms with E-state index in [1.165, 1.54) is 0 Å². The Balaban J connectivity index is 2.21. The van der Waals surface area contributed by atoms with Crippen LogP contribution in [0.4, 0.5) is 5.82 Å². The van der Waals surface area contributed by atoms with Crippen molar-refractivity contribution in [3.63, 3.8) is 0 Å². The molecule has 27 heavy (non-hydrogen) atoms. The first kappa shape index (κ1) is 18.5. The molecule has 140 valence electrons. The number of carbonyl (C=O) groups excluding carboxylic acids is 1. The van der Waals surface area contributed by atoms with E-state index in [9.17, 15) is 4.79 Å². The van der Waals surface area contributed by atoms with Crippen molar-refractivity contribution < 1.29 is 19.0 Å². The van der Waals surface area contributed by atoms with Gasteiger partial charge >= 0.3 is 5.97 Å². The van der Waals surface area contributed by atoms with Gasteiger partial charge in [0.05, 0.1) is 20.8 Å². The molecule has 0 amide bonds. The maximum atomic E-state index is 12.6. The van der Waals surface area contributed by atoms with Crippen LogP contribution in [-0.4, -0.2) is 31.8 Å². The molecule has 3 rings (SSSR count). The molecule has 0 aliphatic carbocycles. The van der Waals surface area contributed by atoms with Gasteiger partial charge in [-0.2, -0.15) is 0 Å². The molecule has 1 aromatic heterocycles. The molecule has 3 aromatic rings. The summed E-state index contributed by atoms with van der Waals surface area (Å²) in [7, 11) is 3.20. The Labute approximate surface area is 157 Å². The molecule has 6 nitrogen and oxygen atoms in total. The van der Waals surface area contributed by atoms with Gasteiger partial charge in [0.25, 0.3) is 0 Å². The van der Waals surface area contributed by atoms with Gasteiger partial charge in [0.15, 0.2) is 0 Å². The number of ether oxygens (including phenoxy) is 3. The lowest BCUT2D eigenvalue weighted by molar-refractivity contribution is 0.0526. The molecule has 6 heteroatoms. The molecule has 0 radical (unpaired) electrons. The van der Waals surface area contributed by atoms with Crippen LogP contribution in [0.1, 0.15) is 28.4 Å². The number of benzene rings is 2. The maximum Gasteiger partial charge on any atom is 0.342 e. The zero-order valence-corrected chi connectivity index (χ0v) is 15.6. The fourth-order valence-electron chi connectivity index (χ4n) is 3.07. The summed E-state index contributed by atoms with van der Waals surface area (Å²) >= 11 is 0. The molecule has 2 N–H and O–H groups in total. The Bertz CT molecular complexity index is 968. The van der Waals surface area contributed by atoms with E-state index in [4.69, 9.17) is 19.9 Å². The quantitative estimate of drug-likeness (QED) is 0.671. The van der Waals surface area contributed by atoms with Crippen LogP contribution in [0.2, 0.25) is 0 Å². The van der Waals surface area contributed by atoms with Gasteiger partial charge in [-0.25, -0.2) is 9.78 Å². The Hall–Kier alpha value is -3.28. The first-order valence-electron chi connectivity index (χ1n) is 8.64. The number of nitrogens with two attached hydrogens (primary N) is 1. The number of esters is 1. The summed E-state index contributed by atoms with van der Waals surface area (Å²) in [6.45, 7) is 2.02. The number of nitrogens with zero attached hydrogens (tertiary/aromatic N) is 1. The first-order chi connectivity index (χ1) is 13.1. The smallest absolute Gasteiger partial charge is 0.342 e. The Morgan fingerprint density at radius 3 is 2.44 bits per heavy atom. The fraction of sp³-hybridized carbons (Fsp3) is 0.238. The first-order valence-corrected chi connectivity index (χ1v) is 8.64. The van der Waals surface area contributed by atoms with Crippen LogP contribution in [0.15, 0.2) is 42.5 Å². The Morgan fingerprint density at radius 1 is 1.07 bits per heavy atom. The van der Waals surface area contributed by atoms with Crippen molar-refractivity contribution >= 4 is 22.7 Å². The van der Waals surface area contributed by atoms with E-state index in [0.717, 1.165) is 22.3 Å². The lowest BCUT2D eigenvalue weighted by Crippen LogP contribution is -2.14. The van der Waals surface area contributed by atoms with Crippen LogP contribution in [0.5, 0.6) is 11.5 Å². The molecule has 0 unspecified atom stereocenters. The largest absolute Gasteiger partial charge is 0.497 e. The average Bonchev–Trinajstić information content (AvgIpc) is 2.68. The second kappa shape index (κ2) is 7.95. The summed E-state index contributed by atoms with van der Waals surface area (Å²) in [6, 6.07) is 13.3. The summed E-state index contributed by atoms with van der Waals surface area (Å²) < 4.78 is 15.8. The highest BCUT2D eigenvalue weighted by Crippen LogP contribution is 2.33. The zero-order chi connectivity index (χ0) is 19.4. The minimum absolute atomic E-state index is 0.133. The highest BCUT2D eigenvalue weighted by molar-refractivity contribution is 6.03. The van der Waals surface area contributed by atoms with Gasteiger partial charge < -0.3 is 19.9 Å². The van der Waals surface area contributed by atoms with Crippen molar-refractivity contribution in [1.82, 2.24) is 4.98 Å². The van der Waals surface area contributed by atoms with Crippen LogP contribution in [0.3, 0.4) is 0 Å². The van der Waals surface area contributed by atoms with E-state index >= 15 is 0 Å². The van der Waals surface area contributed by atoms with Crippen molar-refractivity contribution in [3.05, 3.63) is 59.2 Å². The molecule has 0 bridgehead atoms. The number of hydrogen-bond donors (Lipinski definition) is 1. The van der Waals surface area contributed by atoms with Crippen molar-refractivity contribution in [3.8, 4) is 11.5 Å². The number of anilines is 1. The molecular formula is C21H22N2O4. The fourth-order valence-corrected chi connectivity index (χ4v) is 3.07. The summed E-state index contributed by atoms with van der Waals surface area (Å²) in [5, 5.41) is 0.808. The number of carbonyl (C=O) groups is 1. The van der Waals surface area contributed by atoms with Crippen LogP contribution >= 0.6 is 0 Å². The van der Waals surface area contributed by atoms with E-state index in [2.05, 4.69) is 4.98 Å². The van der Waals surface area contributed by atoms with E-state index < -0.39 is 5.97 Å². The molecule has 1 heterocycles. The Kier molecular flexibility index (Phi) is 5.45. The summed E-state index contributed by atoms with van der Waals surface area (Å²) in [5.41, 5.74) is 8.85. The van der Waals surface area contributed by atoms with Gasteiger partial charge in [0.2, 0.25) is 0 Å². The average molecular weight is 366 g/mol. The molecule has 0 saturated heterocycles. The summed E-state index contributed by atoms with van der Waals surface area (Å²) in [4.78, 5) is 17.0. The lowest BCUT2D eigenvalue weighted by Gasteiger charge is -2.16. The number of methoxy groups -OCH3 is 2. The molecule has 0 atom stereocenters. The van der Waals surface area contributed by atoms with Gasteiger partial charge in [-0.05, 0) is 42.7 Å². The highest BCUT2D eigenvalue weighted by atomic mass is 16.5. The summed E-state index contributed by atoms with van der Waals surface area (Å²) in [5.74, 6) is 1.03. The molecule has 2 aromatic carbocycles. The number of rotatable bonds is 6. The lowest BCUT2D eigenvalue weighted by atomic mass is 9.95. The molecule has 0 aliphatic rings. The minimum Gasteiger partial charge on any atom is -0.497 e. The minimum atomic E-state index is -0.476. The SMILES string of the molecule is CCOC(=O)c1c(N)nc2c(OC)cccc2c1Cc1ccc(OC)cc1. The third-order valence-corrected chi connectivity index (χ3v) is 4.35. The zero-order valence-electron chi connectivity index (χ0n) is 15.6. The van der Waals surface area contributed by atoms with Crippen LogP contribution in [-0.2, 0) is 11.2 Å². The topological polar surface area (TPSA) is 83.7 Å². The van der Waals surface area contributed by atoms with Crippen LogP contribution < -0.4 is 15.2 Å². The third kappa shape index (κ3) is 3.65. The summed E-state index contributed by atoms with van der Waals surface area (Å²) in [6.07, 6.45) is 0.495. The van der Waals surface area contributed by atoms with Gasteiger partial charge in [-0.3, -0.25) is 0 Å². The van der Waals surface area contributed by atoms with Gasteiger partial charge in [-0.15, -0.1) is 0 Å². The normalized spacial score (nSPS) is 10.6. The van der Waals surface area contributed by atoms with Gasteiger partial charge in [-0.1, -0.05) is 24.3 Å². The molecule has 0 aliphatic heterocycles. The molecule has 0 spiro atoms. The van der Waals surface area contributed by atoms with Crippen molar-refractivity contribution in [2.45, 2.75) is 13.3 Å². The van der Waals surface area contributed by atoms with Crippen LogP contribution in [0.25, 0.3) is 10.9 Å². The van der Waals surface area contributed by atoms with Gasteiger partial charge in [0, 0.05) is 5.39 Å². The van der Waals surface area contributed by atoms with E-state index in [0.29, 0.717) is 23.3 Å². The van der Waals surface area contributed by atoms with Crippen molar-refractivity contribution in [1.29, 1.82) is 0 Å². The number of para-hydroxylation sites is 1. The predicted molar refractivity (Wildman–Crippen MR) is 104 cm³/mol. The second-order valence-corrected chi connectivity index (χ2v) is 5.95. The number of aromatic nitrogens is 1. The van der Waals surface area contributed by atoms with Gasteiger partial charge in [0.1, 0.15) is 28.4 Å². The molecular weight excluding hydrogens is 344 g/mol. The standard InChI is InChI=1S/C21H22N2O4/c1-4-27-21(24)18-16(12-13-8-10-14(25-2)11-9-13)15-6-5-7-17(26-3)19(15)23-20(18)22/h5-11H,4,12H2,1-3H3,(H2,22,23). The third-order valence-electron chi connectivity index (χ3n) is 4.35. The van der Waals surface area contributed by atoms with E-state index in [-0.39, 0.29) is 12.4 Å². The monoisotopic (exact) mass is 366 g/mol. The van der Waals surface area contributed by atoms with Crippen molar-refractivity contribution in [2.24, 2.45) is 0 Å². The van der Waals surface area contributed by atoms with Crippen molar-refractivity contribution in [2.75, 3.05) is 26.6 Å². The number of pyridine rings is 1. The van der Waals surface area contributed by atoms with E-state index in [1.807, 2.05) is 42.5 Å². The highest BCUT2D eigenvalue weighted by Gasteiger charge is 2.22. The second-order valence-electron chi connectivity index (χ2n) is 5.95. The van der Waals surface area contributed by atoms with Crippen LogP contribution in [0, 0.1) is 0 Å². The molecule has 0 saturated carbocycles. The van der Waals surface area contributed by atoms with E-state index in [1.54, 1.807) is 21.1 Å². The number of fused-ring (bicyclic) bond motifs is 1. The molecule has 0 fully saturated rings.